The molecule has 0 radical (unpaired) electrons. The maximum absolute atomic E-state index is 12.8. The van der Waals surface area contributed by atoms with Gasteiger partial charge in [0, 0.05) is 12.0 Å². The van der Waals surface area contributed by atoms with Crippen molar-refractivity contribution in [3.8, 4) is 0 Å². The average molecular weight is 225 g/mol. The van der Waals surface area contributed by atoms with Crippen LogP contribution in [0.1, 0.15) is 19.4 Å². The highest BCUT2D eigenvalue weighted by atomic mass is 19.1. The van der Waals surface area contributed by atoms with E-state index in [2.05, 4.69) is 0 Å². The molecular weight excluding hydrogens is 205 g/mol. The van der Waals surface area contributed by atoms with Crippen molar-refractivity contribution < 1.29 is 9.50 Å². The summed E-state index contributed by atoms with van der Waals surface area (Å²) in [6, 6.07) is 6.37. The second-order valence-electron chi connectivity index (χ2n) is 4.68. The number of benzene rings is 1. The maximum Gasteiger partial charge on any atom is 0.123 e. The third-order valence-corrected chi connectivity index (χ3v) is 3.42. The first-order valence-corrected chi connectivity index (χ1v) is 5.59. The number of hydrogen-bond donors (Lipinski definition) is 2. The lowest BCUT2D eigenvalue weighted by molar-refractivity contribution is 0.0842. The van der Waals surface area contributed by atoms with E-state index in [1.54, 1.807) is 12.1 Å². The van der Waals surface area contributed by atoms with E-state index in [1.165, 1.54) is 12.1 Å². The molecule has 0 heterocycles. The minimum absolute atomic E-state index is 0.0541. The topological polar surface area (TPSA) is 46.2 Å². The predicted octanol–water partition coefficient (Wildman–Crippen LogP) is 1.96. The average Bonchev–Trinajstić information content (AvgIpc) is 2.28. The van der Waals surface area contributed by atoms with Gasteiger partial charge in [0.1, 0.15) is 5.82 Å². The van der Waals surface area contributed by atoms with Gasteiger partial charge in [-0.3, -0.25) is 0 Å². The summed E-state index contributed by atoms with van der Waals surface area (Å²) in [5.41, 5.74) is 6.46. The molecule has 1 aromatic carbocycles. The van der Waals surface area contributed by atoms with E-state index < -0.39 is 0 Å². The standard InChI is InChI=1S/C13H20FNO/c1-10(2)13(8-15,9-16)7-11-3-5-12(14)6-4-11/h3-6,10,16H,7-9,15H2,1-2H3. The van der Waals surface area contributed by atoms with Crippen LogP contribution in [0.3, 0.4) is 0 Å². The molecule has 3 N–H and O–H groups in total. The highest BCUT2D eigenvalue weighted by Crippen LogP contribution is 2.30. The van der Waals surface area contributed by atoms with Crippen molar-refractivity contribution >= 4 is 0 Å². The highest BCUT2D eigenvalue weighted by molar-refractivity contribution is 5.18. The van der Waals surface area contributed by atoms with E-state index in [0.717, 1.165) is 5.56 Å². The molecule has 0 saturated heterocycles. The Kier molecular flexibility index (Phi) is 4.44. The van der Waals surface area contributed by atoms with Gasteiger partial charge in [0.15, 0.2) is 0 Å². The Labute approximate surface area is 96.3 Å². The van der Waals surface area contributed by atoms with Crippen LogP contribution >= 0.6 is 0 Å². The lowest BCUT2D eigenvalue weighted by Crippen LogP contribution is -2.41. The minimum atomic E-state index is -0.308. The van der Waals surface area contributed by atoms with E-state index in [1.807, 2.05) is 13.8 Å². The molecule has 90 valence electrons. The molecule has 2 nitrogen and oxygen atoms in total. The van der Waals surface area contributed by atoms with E-state index in [0.29, 0.717) is 13.0 Å². The summed E-state index contributed by atoms with van der Waals surface area (Å²) in [6.07, 6.45) is 0.679. The van der Waals surface area contributed by atoms with Gasteiger partial charge in [-0.05, 0) is 30.0 Å². The molecule has 0 aliphatic heterocycles. The minimum Gasteiger partial charge on any atom is -0.396 e. The van der Waals surface area contributed by atoms with Crippen LogP contribution in [0.2, 0.25) is 0 Å². The highest BCUT2D eigenvalue weighted by Gasteiger charge is 2.31. The van der Waals surface area contributed by atoms with Gasteiger partial charge in [-0.25, -0.2) is 4.39 Å². The summed E-state index contributed by atoms with van der Waals surface area (Å²) in [5.74, 6) is 0.0446. The molecule has 1 aromatic rings. The molecular formula is C13H20FNO. The summed E-state index contributed by atoms with van der Waals surface area (Å²) in [4.78, 5) is 0. The number of rotatable bonds is 5. The van der Waals surface area contributed by atoms with E-state index >= 15 is 0 Å². The van der Waals surface area contributed by atoms with Crippen LogP contribution in [0.5, 0.6) is 0 Å². The van der Waals surface area contributed by atoms with Gasteiger partial charge in [-0.2, -0.15) is 0 Å². The van der Waals surface area contributed by atoms with Crippen LogP contribution in [-0.2, 0) is 6.42 Å². The quantitative estimate of drug-likeness (QED) is 0.804. The zero-order chi connectivity index (χ0) is 12.2. The second-order valence-corrected chi connectivity index (χ2v) is 4.68. The number of aliphatic hydroxyl groups is 1. The van der Waals surface area contributed by atoms with Crippen molar-refractivity contribution in [2.75, 3.05) is 13.2 Å². The second kappa shape index (κ2) is 5.41. The number of halogens is 1. The number of hydrogen-bond acceptors (Lipinski definition) is 2. The van der Waals surface area contributed by atoms with Crippen LogP contribution < -0.4 is 5.73 Å². The fourth-order valence-electron chi connectivity index (χ4n) is 1.82. The SMILES string of the molecule is CC(C)C(CN)(CO)Cc1ccc(F)cc1. The van der Waals surface area contributed by atoms with Gasteiger partial charge in [-0.15, -0.1) is 0 Å². The zero-order valence-corrected chi connectivity index (χ0v) is 9.91. The summed E-state index contributed by atoms with van der Waals surface area (Å²) in [6.45, 7) is 4.58. The normalized spacial score (nSPS) is 15.1. The van der Waals surface area contributed by atoms with Crippen molar-refractivity contribution in [1.29, 1.82) is 0 Å². The molecule has 3 heteroatoms. The monoisotopic (exact) mass is 225 g/mol. The number of aliphatic hydroxyl groups excluding tert-OH is 1. The summed E-state index contributed by atoms with van der Waals surface area (Å²) in [7, 11) is 0. The Morgan fingerprint density at radius 3 is 2.25 bits per heavy atom. The largest absolute Gasteiger partial charge is 0.396 e. The molecule has 1 atom stereocenters. The van der Waals surface area contributed by atoms with Crippen LogP contribution in [0.15, 0.2) is 24.3 Å². The van der Waals surface area contributed by atoms with E-state index in [-0.39, 0.29) is 23.8 Å². The van der Waals surface area contributed by atoms with Gasteiger partial charge in [-0.1, -0.05) is 26.0 Å². The molecule has 0 aromatic heterocycles. The zero-order valence-electron chi connectivity index (χ0n) is 9.91. The summed E-state index contributed by atoms with van der Waals surface area (Å²) >= 11 is 0. The lowest BCUT2D eigenvalue weighted by atomic mass is 9.73. The molecule has 1 unspecified atom stereocenters. The molecule has 0 spiro atoms. The molecule has 0 aliphatic carbocycles. The van der Waals surface area contributed by atoms with Gasteiger partial charge in [0.05, 0.1) is 6.61 Å². The first kappa shape index (κ1) is 13.1. The van der Waals surface area contributed by atoms with Crippen molar-refractivity contribution in [1.82, 2.24) is 0 Å². The van der Waals surface area contributed by atoms with Gasteiger partial charge < -0.3 is 10.8 Å². The van der Waals surface area contributed by atoms with Crippen LogP contribution in [0.4, 0.5) is 4.39 Å². The van der Waals surface area contributed by atoms with Gasteiger partial charge in [0.2, 0.25) is 0 Å². The van der Waals surface area contributed by atoms with Crippen LogP contribution in [0, 0.1) is 17.2 Å². The molecule has 1 rings (SSSR count). The molecule has 0 fully saturated rings. The van der Waals surface area contributed by atoms with Crippen molar-refractivity contribution in [2.24, 2.45) is 17.1 Å². The third kappa shape index (κ3) is 2.80. The molecule has 0 aliphatic rings. The van der Waals surface area contributed by atoms with Crippen LogP contribution in [0.25, 0.3) is 0 Å². The fourth-order valence-corrected chi connectivity index (χ4v) is 1.82. The smallest absolute Gasteiger partial charge is 0.123 e. The predicted molar refractivity (Wildman–Crippen MR) is 63.5 cm³/mol. The maximum atomic E-state index is 12.8. The van der Waals surface area contributed by atoms with Crippen molar-refractivity contribution in [3.63, 3.8) is 0 Å². The Morgan fingerprint density at radius 1 is 1.31 bits per heavy atom. The van der Waals surface area contributed by atoms with E-state index in [4.69, 9.17) is 5.73 Å². The Morgan fingerprint density at radius 2 is 1.88 bits per heavy atom. The Balaban J connectivity index is 2.87. The Bertz CT molecular complexity index is 317. The van der Waals surface area contributed by atoms with E-state index in [9.17, 15) is 9.50 Å². The summed E-state index contributed by atoms with van der Waals surface area (Å²) in [5, 5.41) is 9.51. The van der Waals surface area contributed by atoms with Gasteiger partial charge >= 0.3 is 0 Å². The first-order valence-electron chi connectivity index (χ1n) is 5.59. The van der Waals surface area contributed by atoms with Gasteiger partial charge in [0.25, 0.3) is 0 Å². The third-order valence-electron chi connectivity index (χ3n) is 3.42. The van der Waals surface area contributed by atoms with Crippen LogP contribution in [-0.4, -0.2) is 18.3 Å². The van der Waals surface area contributed by atoms with Crippen molar-refractivity contribution in [3.05, 3.63) is 35.6 Å². The summed E-state index contributed by atoms with van der Waals surface area (Å²) < 4.78 is 12.8. The molecule has 0 saturated carbocycles. The Hall–Kier alpha value is -0.930. The lowest BCUT2D eigenvalue weighted by Gasteiger charge is -2.34. The number of nitrogens with two attached hydrogens (primary N) is 1. The van der Waals surface area contributed by atoms with Crippen molar-refractivity contribution in [2.45, 2.75) is 20.3 Å². The fraction of sp³-hybridized carbons (Fsp3) is 0.538. The molecule has 16 heavy (non-hydrogen) atoms. The first-order chi connectivity index (χ1) is 7.54. The molecule has 0 bridgehead atoms. The molecule has 0 amide bonds.